The molecule has 4 aromatic carbocycles. The van der Waals surface area contributed by atoms with Crippen molar-refractivity contribution in [1.29, 1.82) is 0 Å². The molecule has 0 aliphatic carbocycles. The summed E-state index contributed by atoms with van der Waals surface area (Å²) in [7, 11) is 0. The van der Waals surface area contributed by atoms with Gasteiger partial charge in [0.25, 0.3) is 0 Å². The first-order valence-corrected chi connectivity index (χ1v) is 11.3. The summed E-state index contributed by atoms with van der Waals surface area (Å²) in [5.41, 5.74) is -0.505. The second kappa shape index (κ2) is 7.72. The summed E-state index contributed by atoms with van der Waals surface area (Å²) >= 11 is 0. The number of ether oxygens (including phenoxy) is 2. The molecule has 0 radical (unpaired) electrons. The Labute approximate surface area is 197 Å². The van der Waals surface area contributed by atoms with Crippen molar-refractivity contribution in [2.75, 3.05) is 0 Å². The molecule has 4 heteroatoms. The van der Waals surface area contributed by atoms with Gasteiger partial charge < -0.3 is 14.6 Å². The normalized spacial score (nSPS) is 23.1. The number of carbonyl (C=O) groups excluding carboxylic acids is 1. The van der Waals surface area contributed by atoms with E-state index in [1.807, 2.05) is 97.1 Å². The Morgan fingerprint density at radius 2 is 1.32 bits per heavy atom. The molecule has 2 aliphatic rings. The molecule has 1 N–H and O–H groups in total. The number of carbonyl (C=O) groups is 1. The minimum absolute atomic E-state index is 0.0303. The summed E-state index contributed by atoms with van der Waals surface area (Å²) < 4.78 is 12.9. The molecule has 6 rings (SSSR count). The van der Waals surface area contributed by atoms with Gasteiger partial charge in [0.2, 0.25) is 0 Å². The molecule has 0 saturated heterocycles. The molecule has 2 heterocycles. The number of aliphatic hydroxyl groups is 1. The largest absolute Gasteiger partial charge is 0.478 e. The predicted molar refractivity (Wildman–Crippen MR) is 130 cm³/mol. The number of ketones is 1. The van der Waals surface area contributed by atoms with Gasteiger partial charge in [0.05, 0.1) is 12.0 Å². The second-order valence-corrected chi connectivity index (χ2v) is 8.63. The lowest BCUT2D eigenvalue weighted by atomic mass is 9.67. The second-order valence-electron chi connectivity index (χ2n) is 8.63. The topological polar surface area (TPSA) is 55.8 Å². The van der Waals surface area contributed by atoms with E-state index in [9.17, 15) is 9.90 Å². The van der Waals surface area contributed by atoms with Crippen LogP contribution in [0.4, 0.5) is 0 Å². The van der Waals surface area contributed by atoms with Crippen LogP contribution in [0, 0.1) is 0 Å². The number of rotatable bonds is 3. The van der Waals surface area contributed by atoms with Crippen molar-refractivity contribution < 1.29 is 19.4 Å². The van der Waals surface area contributed by atoms with Gasteiger partial charge in [-0.3, -0.25) is 4.79 Å². The summed E-state index contributed by atoms with van der Waals surface area (Å²) in [4.78, 5) is 13.5. The number of Topliss-reactive ketones (excluding diaryl/α,β-unsaturated/α-hetero) is 1. The Morgan fingerprint density at radius 3 is 2.09 bits per heavy atom. The van der Waals surface area contributed by atoms with Crippen molar-refractivity contribution in [1.82, 2.24) is 0 Å². The predicted octanol–water partition coefficient (Wildman–Crippen LogP) is 5.87. The highest BCUT2D eigenvalue weighted by Crippen LogP contribution is 2.55. The average Bonchev–Trinajstić information content (AvgIpc) is 2.89. The van der Waals surface area contributed by atoms with E-state index in [1.165, 1.54) is 0 Å². The van der Waals surface area contributed by atoms with Gasteiger partial charge in [0.1, 0.15) is 17.3 Å². The third-order valence-electron chi connectivity index (χ3n) is 6.65. The van der Waals surface area contributed by atoms with Crippen LogP contribution >= 0.6 is 0 Å². The van der Waals surface area contributed by atoms with E-state index in [0.29, 0.717) is 33.9 Å². The average molecular weight is 447 g/mol. The highest BCUT2D eigenvalue weighted by atomic mass is 16.5. The summed E-state index contributed by atoms with van der Waals surface area (Å²) in [5.74, 6) is 1.40. The fourth-order valence-corrected chi connectivity index (χ4v) is 5.00. The number of hydrogen-bond acceptors (Lipinski definition) is 4. The fourth-order valence-electron chi connectivity index (χ4n) is 5.00. The molecule has 2 atom stereocenters. The SMILES string of the molecule is O=C1CC(c2ccccc2)(C2(O)C=C(c3ccccc3)Oc3ccccc32)Oc2ccccc21. The van der Waals surface area contributed by atoms with E-state index >= 15 is 0 Å². The molecule has 4 aromatic rings. The lowest BCUT2D eigenvalue weighted by molar-refractivity contribution is -0.122. The van der Waals surface area contributed by atoms with Crippen LogP contribution < -0.4 is 9.47 Å². The zero-order chi connectivity index (χ0) is 23.2. The van der Waals surface area contributed by atoms with Crippen LogP contribution in [0.25, 0.3) is 5.76 Å². The quantitative estimate of drug-likeness (QED) is 0.428. The van der Waals surface area contributed by atoms with Gasteiger partial charge in [-0.2, -0.15) is 0 Å². The van der Waals surface area contributed by atoms with Crippen molar-refractivity contribution in [3.8, 4) is 11.5 Å². The van der Waals surface area contributed by atoms with Gasteiger partial charge in [0, 0.05) is 11.1 Å². The first-order chi connectivity index (χ1) is 16.6. The third kappa shape index (κ3) is 3.00. The van der Waals surface area contributed by atoms with Crippen LogP contribution in [0.2, 0.25) is 0 Å². The zero-order valence-electron chi connectivity index (χ0n) is 18.3. The standard InChI is InChI=1S/C30H22O4/c31-25-19-30(22-13-5-2-6-14-22,34-26-17-9-7-15-23(25)26)29(32)20-28(21-11-3-1-4-12-21)33-27-18-10-8-16-24(27)29/h1-18,20,32H,19H2. The smallest absolute Gasteiger partial charge is 0.178 e. The van der Waals surface area contributed by atoms with Gasteiger partial charge >= 0.3 is 0 Å². The highest BCUT2D eigenvalue weighted by molar-refractivity contribution is 6.00. The minimum Gasteiger partial charge on any atom is -0.478 e. The molecule has 0 spiro atoms. The van der Waals surface area contributed by atoms with Crippen LogP contribution in [0.3, 0.4) is 0 Å². The van der Waals surface area contributed by atoms with E-state index in [4.69, 9.17) is 9.47 Å². The molecule has 0 amide bonds. The number of para-hydroxylation sites is 2. The minimum atomic E-state index is -1.70. The van der Waals surface area contributed by atoms with Gasteiger partial charge in [-0.1, -0.05) is 91.0 Å². The molecule has 34 heavy (non-hydrogen) atoms. The fraction of sp³-hybridized carbons (Fsp3) is 0.100. The molecular weight excluding hydrogens is 424 g/mol. The van der Waals surface area contributed by atoms with E-state index in [0.717, 1.165) is 5.56 Å². The number of fused-ring (bicyclic) bond motifs is 2. The monoisotopic (exact) mass is 446 g/mol. The molecule has 2 unspecified atom stereocenters. The van der Waals surface area contributed by atoms with Crippen LogP contribution in [0.1, 0.15) is 33.5 Å². The molecule has 0 fully saturated rings. The summed E-state index contributed by atoms with van der Waals surface area (Å²) in [5, 5.41) is 12.7. The lowest BCUT2D eigenvalue weighted by Crippen LogP contribution is -2.56. The van der Waals surface area contributed by atoms with Crippen molar-refractivity contribution in [2.24, 2.45) is 0 Å². The van der Waals surface area contributed by atoms with Gasteiger partial charge in [0.15, 0.2) is 17.0 Å². The van der Waals surface area contributed by atoms with Crippen molar-refractivity contribution in [3.05, 3.63) is 138 Å². The lowest BCUT2D eigenvalue weighted by Gasteiger charge is -2.49. The van der Waals surface area contributed by atoms with Crippen LogP contribution in [0.5, 0.6) is 11.5 Å². The maximum atomic E-state index is 13.5. The molecule has 0 saturated carbocycles. The highest BCUT2D eigenvalue weighted by Gasteiger charge is 2.59. The first-order valence-electron chi connectivity index (χ1n) is 11.3. The Bertz CT molecular complexity index is 1410. The number of hydrogen-bond donors (Lipinski definition) is 1. The molecule has 0 aromatic heterocycles. The van der Waals surface area contributed by atoms with Crippen LogP contribution in [0.15, 0.2) is 115 Å². The van der Waals surface area contributed by atoms with E-state index in [1.54, 1.807) is 18.2 Å². The Balaban J connectivity index is 1.65. The van der Waals surface area contributed by atoms with Crippen LogP contribution in [-0.4, -0.2) is 10.9 Å². The van der Waals surface area contributed by atoms with Crippen molar-refractivity contribution in [2.45, 2.75) is 17.6 Å². The zero-order valence-corrected chi connectivity index (χ0v) is 18.3. The summed E-state index contributed by atoms with van der Waals surface area (Å²) in [6, 6.07) is 33.7. The van der Waals surface area contributed by atoms with E-state index in [-0.39, 0.29) is 12.2 Å². The van der Waals surface area contributed by atoms with Gasteiger partial charge in [-0.05, 0) is 29.8 Å². The molecule has 4 nitrogen and oxygen atoms in total. The maximum absolute atomic E-state index is 13.5. The number of benzene rings is 4. The Kier molecular flexibility index (Phi) is 4.64. The summed E-state index contributed by atoms with van der Waals surface area (Å²) in [6.07, 6.45) is 1.66. The molecular formula is C30H22O4. The molecule has 2 aliphatic heterocycles. The van der Waals surface area contributed by atoms with E-state index < -0.39 is 11.2 Å². The van der Waals surface area contributed by atoms with Gasteiger partial charge in [-0.15, -0.1) is 0 Å². The van der Waals surface area contributed by atoms with Crippen LogP contribution in [-0.2, 0) is 11.2 Å². The molecule has 0 bridgehead atoms. The summed E-state index contributed by atoms with van der Waals surface area (Å²) in [6.45, 7) is 0. The first kappa shape index (κ1) is 20.5. The van der Waals surface area contributed by atoms with Crippen molar-refractivity contribution >= 4 is 11.5 Å². The van der Waals surface area contributed by atoms with E-state index in [2.05, 4.69) is 0 Å². The van der Waals surface area contributed by atoms with Gasteiger partial charge in [-0.25, -0.2) is 0 Å². The van der Waals surface area contributed by atoms with Crippen molar-refractivity contribution in [3.63, 3.8) is 0 Å². The maximum Gasteiger partial charge on any atom is 0.178 e. The molecule has 166 valence electrons. The Hall–Kier alpha value is -4.15. The third-order valence-corrected chi connectivity index (χ3v) is 6.65. The Morgan fingerprint density at radius 1 is 0.706 bits per heavy atom.